The predicted molar refractivity (Wildman–Crippen MR) is 39.0 cm³/mol. The lowest BCUT2D eigenvalue weighted by molar-refractivity contribution is 1.25. The molecule has 1 heterocycles. The fourth-order valence-electron chi connectivity index (χ4n) is 0.445. The van der Waals surface area contributed by atoms with Crippen molar-refractivity contribution in [2.24, 2.45) is 0 Å². The van der Waals surface area contributed by atoms with Crippen molar-refractivity contribution in [1.29, 1.82) is 0 Å². The van der Waals surface area contributed by atoms with E-state index in [1.807, 2.05) is 6.92 Å². The van der Waals surface area contributed by atoms with Crippen molar-refractivity contribution in [3.05, 3.63) is 21.4 Å². The van der Waals surface area contributed by atoms with Crippen LogP contribution in [-0.4, -0.2) is 4.98 Å². The first-order valence-electron chi connectivity index (χ1n) is 2.15. The van der Waals surface area contributed by atoms with Crippen molar-refractivity contribution in [3.63, 3.8) is 0 Å². The molecule has 0 atom stereocenters. The van der Waals surface area contributed by atoms with Crippen LogP contribution < -0.4 is 0 Å². The minimum Gasteiger partial charge on any atom is -0.245 e. The Hall–Kier alpha value is 0.110. The van der Waals surface area contributed by atoms with E-state index in [4.69, 9.17) is 0 Å². The van der Waals surface area contributed by atoms with Gasteiger partial charge < -0.3 is 0 Å². The zero-order chi connectivity index (χ0) is 6.15. The highest BCUT2D eigenvalue weighted by Gasteiger charge is 1.97. The van der Waals surface area contributed by atoms with Gasteiger partial charge in [-0.2, -0.15) is 0 Å². The summed E-state index contributed by atoms with van der Waals surface area (Å²) in [6.07, 6.45) is 0. The topological polar surface area (TPSA) is 12.9 Å². The Morgan fingerprint density at radius 2 is 2.38 bits per heavy atom. The molecule has 0 aliphatic rings. The SMILES string of the molecule is [CH2]c1nc(C)sc1Br. The predicted octanol–water partition coefficient (Wildman–Crippen LogP) is 2.40. The molecule has 0 saturated heterocycles. The third-order valence-corrected chi connectivity index (χ3v) is 2.50. The number of nitrogens with zero attached hydrogens (tertiary/aromatic N) is 1. The Labute approximate surface area is 60.9 Å². The molecule has 0 unspecified atom stereocenters. The van der Waals surface area contributed by atoms with E-state index in [-0.39, 0.29) is 0 Å². The molecule has 8 heavy (non-hydrogen) atoms. The van der Waals surface area contributed by atoms with Gasteiger partial charge in [-0.1, -0.05) is 0 Å². The van der Waals surface area contributed by atoms with Crippen LogP contribution in [0.2, 0.25) is 0 Å². The Bertz CT molecular complexity index is 175. The first-order valence-corrected chi connectivity index (χ1v) is 3.76. The lowest BCUT2D eigenvalue weighted by Gasteiger charge is -1.75. The van der Waals surface area contributed by atoms with Crippen LogP contribution in [-0.2, 0) is 0 Å². The van der Waals surface area contributed by atoms with Crippen molar-refractivity contribution < 1.29 is 0 Å². The third-order valence-electron chi connectivity index (χ3n) is 0.757. The Kier molecular flexibility index (Phi) is 1.68. The summed E-state index contributed by atoms with van der Waals surface area (Å²) in [5.41, 5.74) is 0.840. The standard InChI is InChI=1S/C5H5BrNS/c1-3-5(6)8-4(2)7-3/h1H2,2H3. The van der Waals surface area contributed by atoms with E-state index in [9.17, 15) is 0 Å². The average Bonchev–Trinajstić information content (AvgIpc) is 1.85. The van der Waals surface area contributed by atoms with Crippen molar-refractivity contribution in [2.45, 2.75) is 6.92 Å². The van der Waals surface area contributed by atoms with Gasteiger partial charge >= 0.3 is 0 Å². The fraction of sp³-hybridized carbons (Fsp3) is 0.200. The van der Waals surface area contributed by atoms with E-state index in [0.29, 0.717) is 0 Å². The van der Waals surface area contributed by atoms with Gasteiger partial charge in [0.25, 0.3) is 0 Å². The zero-order valence-electron chi connectivity index (χ0n) is 4.44. The fourth-order valence-corrected chi connectivity index (χ4v) is 1.82. The molecule has 0 amide bonds. The van der Waals surface area contributed by atoms with Gasteiger partial charge in [-0.3, -0.25) is 0 Å². The zero-order valence-corrected chi connectivity index (χ0v) is 6.84. The van der Waals surface area contributed by atoms with E-state index in [2.05, 4.69) is 27.8 Å². The molecule has 0 fully saturated rings. The van der Waals surface area contributed by atoms with Crippen LogP contribution in [0.15, 0.2) is 3.79 Å². The summed E-state index contributed by atoms with van der Waals surface area (Å²) in [7, 11) is 0. The van der Waals surface area contributed by atoms with Crippen LogP contribution in [0, 0.1) is 13.8 Å². The maximum atomic E-state index is 4.07. The molecule has 0 aromatic carbocycles. The molecule has 0 aliphatic heterocycles. The van der Waals surface area contributed by atoms with Gasteiger partial charge in [-0.25, -0.2) is 4.98 Å². The van der Waals surface area contributed by atoms with Crippen LogP contribution in [0.5, 0.6) is 0 Å². The van der Waals surface area contributed by atoms with Gasteiger partial charge in [-0.05, 0) is 29.8 Å². The van der Waals surface area contributed by atoms with Crippen LogP contribution in [0.25, 0.3) is 0 Å². The van der Waals surface area contributed by atoms with Crippen LogP contribution in [0.3, 0.4) is 0 Å². The van der Waals surface area contributed by atoms with Crippen molar-refractivity contribution >= 4 is 27.3 Å². The molecular formula is C5H5BrNS. The maximum absolute atomic E-state index is 4.07. The second-order valence-electron chi connectivity index (χ2n) is 1.45. The summed E-state index contributed by atoms with van der Waals surface area (Å²) in [6, 6.07) is 0. The number of halogens is 1. The first kappa shape index (κ1) is 6.23. The maximum Gasteiger partial charge on any atom is 0.0931 e. The molecular weight excluding hydrogens is 186 g/mol. The van der Waals surface area contributed by atoms with Crippen LogP contribution >= 0.6 is 27.3 Å². The molecule has 1 aromatic rings. The normalized spacial score (nSPS) is 9.88. The van der Waals surface area contributed by atoms with Gasteiger partial charge in [0.2, 0.25) is 0 Å². The molecule has 0 bridgehead atoms. The third kappa shape index (κ3) is 1.09. The number of hydrogen-bond acceptors (Lipinski definition) is 2. The van der Waals surface area contributed by atoms with Gasteiger partial charge in [-0.15, -0.1) is 11.3 Å². The van der Waals surface area contributed by atoms with Gasteiger partial charge in [0, 0.05) is 0 Å². The van der Waals surface area contributed by atoms with E-state index in [0.717, 1.165) is 14.5 Å². The number of aryl methyl sites for hydroxylation is 1. The molecule has 0 saturated carbocycles. The second kappa shape index (κ2) is 2.15. The highest BCUT2D eigenvalue weighted by Crippen LogP contribution is 2.22. The monoisotopic (exact) mass is 190 g/mol. The average molecular weight is 191 g/mol. The van der Waals surface area contributed by atoms with E-state index in [1.54, 1.807) is 11.3 Å². The molecule has 0 aliphatic carbocycles. The van der Waals surface area contributed by atoms with E-state index < -0.39 is 0 Å². The summed E-state index contributed by atoms with van der Waals surface area (Å²) in [6.45, 7) is 5.66. The van der Waals surface area contributed by atoms with E-state index in [1.165, 1.54) is 0 Å². The number of hydrogen-bond donors (Lipinski definition) is 0. The quantitative estimate of drug-likeness (QED) is 0.613. The Morgan fingerprint density at radius 1 is 1.75 bits per heavy atom. The minimum absolute atomic E-state index is 0.840. The summed E-state index contributed by atoms with van der Waals surface area (Å²) in [4.78, 5) is 4.07. The van der Waals surface area contributed by atoms with E-state index >= 15 is 0 Å². The van der Waals surface area contributed by atoms with Gasteiger partial charge in [0.15, 0.2) is 0 Å². The minimum atomic E-state index is 0.840. The molecule has 1 rings (SSSR count). The Balaban J connectivity index is 3.14. The van der Waals surface area contributed by atoms with Crippen LogP contribution in [0.1, 0.15) is 10.7 Å². The van der Waals surface area contributed by atoms with Crippen LogP contribution in [0.4, 0.5) is 0 Å². The Morgan fingerprint density at radius 3 is 2.50 bits per heavy atom. The van der Waals surface area contributed by atoms with Crippen molar-refractivity contribution in [3.8, 4) is 0 Å². The lowest BCUT2D eigenvalue weighted by atomic mass is 10.6. The smallest absolute Gasteiger partial charge is 0.0931 e. The van der Waals surface area contributed by atoms with Crippen molar-refractivity contribution in [2.75, 3.05) is 0 Å². The molecule has 0 spiro atoms. The lowest BCUT2D eigenvalue weighted by Crippen LogP contribution is -1.68. The molecule has 0 N–H and O–H groups in total. The first-order chi connectivity index (χ1) is 3.70. The van der Waals surface area contributed by atoms with Crippen molar-refractivity contribution in [1.82, 2.24) is 4.98 Å². The number of rotatable bonds is 0. The largest absolute Gasteiger partial charge is 0.245 e. The molecule has 1 aromatic heterocycles. The highest BCUT2D eigenvalue weighted by molar-refractivity contribution is 9.11. The number of thiazole rings is 1. The second-order valence-corrected chi connectivity index (χ2v) is 3.97. The summed E-state index contributed by atoms with van der Waals surface area (Å²) in [5.74, 6) is 0. The summed E-state index contributed by atoms with van der Waals surface area (Å²) < 4.78 is 1.04. The molecule has 1 radical (unpaired) electrons. The molecule has 1 nitrogen and oxygen atoms in total. The highest BCUT2D eigenvalue weighted by atomic mass is 79.9. The number of aromatic nitrogens is 1. The van der Waals surface area contributed by atoms with Gasteiger partial charge in [0.05, 0.1) is 14.5 Å². The summed E-state index contributed by atoms with van der Waals surface area (Å²) >= 11 is 4.92. The summed E-state index contributed by atoms with van der Waals surface area (Å²) in [5, 5.41) is 1.06. The van der Waals surface area contributed by atoms with Gasteiger partial charge in [0.1, 0.15) is 0 Å². The molecule has 43 valence electrons. The molecule has 3 heteroatoms.